The van der Waals surface area contributed by atoms with Gasteiger partial charge < -0.3 is 10.3 Å². The molecule has 1 aliphatic carbocycles. The van der Waals surface area contributed by atoms with Crippen LogP contribution in [0.15, 0.2) is 36.7 Å². The first-order valence-electron chi connectivity index (χ1n) is 5.69. The SMILES string of the molecule is Nc1nccn1C1CCc2ccccc2C1. The molecule has 1 aromatic carbocycles. The fourth-order valence-electron chi connectivity index (χ4n) is 2.55. The van der Waals surface area contributed by atoms with Gasteiger partial charge in [0.15, 0.2) is 5.95 Å². The lowest BCUT2D eigenvalue weighted by molar-refractivity contribution is 0.447. The van der Waals surface area contributed by atoms with Crippen molar-refractivity contribution in [3.05, 3.63) is 47.8 Å². The van der Waals surface area contributed by atoms with Crippen LogP contribution in [0.1, 0.15) is 23.6 Å². The zero-order valence-electron chi connectivity index (χ0n) is 9.13. The first-order valence-corrected chi connectivity index (χ1v) is 5.69. The Balaban J connectivity index is 1.91. The molecule has 1 atom stereocenters. The van der Waals surface area contributed by atoms with E-state index in [2.05, 4.69) is 33.8 Å². The number of anilines is 1. The standard InChI is InChI=1S/C13H15N3/c14-13-15-7-8-16(13)12-6-5-10-3-1-2-4-11(10)9-12/h1-4,7-8,12H,5-6,9H2,(H2,14,15). The fourth-order valence-corrected chi connectivity index (χ4v) is 2.55. The predicted octanol–water partition coefficient (Wildman–Crippen LogP) is 2.20. The highest BCUT2D eigenvalue weighted by Gasteiger charge is 2.20. The molecule has 0 bridgehead atoms. The average Bonchev–Trinajstić information content (AvgIpc) is 2.75. The van der Waals surface area contributed by atoms with E-state index in [9.17, 15) is 0 Å². The molecule has 0 radical (unpaired) electrons. The number of hydrogen-bond donors (Lipinski definition) is 1. The van der Waals surface area contributed by atoms with Crippen molar-refractivity contribution in [1.82, 2.24) is 9.55 Å². The van der Waals surface area contributed by atoms with Crippen molar-refractivity contribution in [3.8, 4) is 0 Å². The lowest BCUT2D eigenvalue weighted by atomic mass is 9.88. The molecule has 1 aliphatic rings. The number of nitrogens with zero attached hydrogens (tertiary/aromatic N) is 2. The van der Waals surface area contributed by atoms with Crippen LogP contribution in [0.5, 0.6) is 0 Å². The minimum Gasteiger partial charge on any atom is -0.369 e. The summed E-state index contributed by atoms with van der Waals surface area (Å²) in [6, 6.07) is 9.14. The Morgan fingerprint density at radius 1 is 1.25 bits per heavy atom. The summed E-state index contributed by atoms with van der Waals surface area (Å²) in [6.45, 7) is 0. The van der Waals surface area contributed by atoms with E-state index in [0.29, 0.717) is 12.0 Å². The van der Waals surface area contributed by atoms with Gasteiger partial charge in [0, 0.05) is 18.4 Å². The third kappa shape index (κ3) is 1.48. The largest absolute Gasteiger partial charge is 0.369 e. The number of hydrogen-bond acceptors (Lipinski definition) is 2. The van der Waals surface area contributed by atoms with Gasteiger partial charge in [0.05, 0.1) is 0 Å². The monoisotopic (exact) mass is 213 g/mol. The van der Waals surface area contributed by atoms with Crippen molar-refractivity contribution in [2.75, 3.05) is 5.73 Å². The number of fused-ring (bicyclic) bond motifs is 1. The predicted molar refractivity (Wildman–Crippen MR) is 64.1 cm³/mol. The topological polar surface area (TPSA) is 43.8 Å². The maximum absolute atomic E-state index is 5.84. The van der Waals surface area contributed by atoms with Crippen molar-refractivity contribution >= 4 is 5.95 Å². The Hall–Kier alpha value is -1.77. The van der Waals surface area contributed by atoms with Crippen molar-refractivity contribution in [2.45, 2.75) is 25.3 Å². The second-order valence-electron chi connectivity index (χ2n) is 4.36. The first-order chi connectivity index (χ1) is 7.84. The van der Waals surface area contributed by atoms with Gasteiger partial charge in [-0.15, -0.1) is 0 Å². The average molecular weight is 213 g/mol. The van der Waals surface area contributed by atoms with Crippen LogP contribution in [0.4, 0.5) is 5.95 Å². The highest BCUT2D eigenvalue weighted by molar-refractivity contribution is 5.31. The Kier molecular flexibility index (Phi) is 2.17. The summed E-state index contributed by atoms with van der Waals surface area (Å²) in [5, 5.41) is 0. The van der Waals surface area contributed by atoms with Crippen molar-refractivity contribution in [2.24, 2.45) is 0 Å². The molecular weight excluding hydrogens is 198 g/mol. The van der Waals surface area contributed by atoms with Crippen LogP contribution in [0.25, 0.3) is 0 Å². The Labute approximate surface area is 94.9 Å². The first kappa shape index (κ1) is 9.46. The third-order valence-corrected chi connectivity index (χ3v) is 3.41. The molecular formula is C13H15N3. The van der Waals surface area contributed by atoms with E-state index in [0.717, 1.165) is 19.3 Å². The van der Waals surface area contributed by atoms with Crippen molar-refractivity contribution in [1.29, 1.82) is 0 Å². The van der Waals surface area contributed by atoms with Gasteiger partial charge in [0.25, 0.3) is 0 Å². The summed E-state index contributed by atoms with van der Waals surface area (Å²) in [5.41, 5.74) is 8.78. The number of imidazole rings is 1. The van der Waals surface area contributed by atoms with Crippen molar-refractivity contribution in [3.63, 3.8) is 0 Å². The van der Waals surface area contributed by atoms with Crippen LogP contribution >= 0.6 is 0 Å². The van der Waals surface area contributed by atoms with Crippen LogP contribution in [0.3, 0.4) is 0 Å². The highest BCUT2D eigenvalue weighted by atomic mass is 15.2. The number of rotatable bonds is 1. The van der Waals surface area contributed by atoms with E-state index in [1.165, 1.54) is 11.1 Å². The summed E-state index contributed by atoms with van der Waals surface area (Å²) in [5.74, 6) is 0.629. The van der Waals surface area contributed by atoms with Crippen LogP contribution in [-0.4, -0.2) is 9.55 Å². The maximum atomic E-state index is 5.84. The summed E-state index contributed by atoms with van der Waals surface area (Å²) < 4.78 is 2.09. The summed E-state index contributed by atoms with van der Waals surface area (Å²) in [4.78, 5) is 4.09. The molecule has 0 saturated heterocycles. The molecule has 16 heavy (non-hydrogen) atoms. The van der Waals surface area contributed by atoms with Gasteiger partial charge in [-0.3, -0.25) is 0 Å². The summed E-state index contributed by atoms with van der Waals surface area (Å²) in [7, 11) is 0. The Bertz CT molecular complexity index is 501. The summed E-state index contributed by atoms with van der Waals surface area (Å²) in [6.07, 6.45) is 7.11. The van der Waals surface area contributed by atoms with Gasteiger partial charge in [0.1, 0.15) is 0 Å². The van der Waals surface area contributed by atoms with Gasteiger partial charge in [-0.1, -0.05) is 24.3 Å². The lowest BCUT2D eigenvalue weighted by Crippen LogP contribution is -2.19. The van der Waals surface area contributed by atoms with Gasteiger partial charge >= 0.3 is 0 Å². The van der Waals surface area contributed by atoms with Gasteiger partial charge in [0.2, 0.25) is 0 Å². The van der Waals surface area contributed by atoms with E-state index in [4.69, 9.17) is 5.73 Å². The molecule has 0 amide bonds. The molecule has 0 aliphatic heterocycles. The molecule has 2 N–H and O–H groups in total. The molecule has 82 valence electrons. The second-order valence-corrected chi connectivity index (χ2v) is 4.36. The van der Waals surface area contributed by atoms with Gasteiger partial charge in [-0.2, -0.15) is 0 Å². The number of aryl methyl sites for hydroxylation is 1. The quantitative estimate of drug-likeness (QED) is 0.789. The maximum Gasteiger partial charge on any atom is 0.200 e. The van der Waals surface area contributed by atoms with Crippen molar-refractivity contribution < 1.29 is 0 Å². The van der Waals surface area contributed by atoms with Crippen LogP contribution in [-0.2, 0) is 12.8 Å². The van der Waals surface area contributed by atoms with Crippen LogP contribution < -0.4 is 5.73 Å². The van der Waals surface area contributed by atoms with E-state index in [1.807, 2.05) is 6.20 Å². The van der Waals surface area contributed by atoms with Crippen LogP contribution in [0, 0.1) is 0 Å². The molecule has 3 rings (SSSR count). The number of nitrogens with two attached hydrogens (primary N) is 1. The Morgan fingerprint density at radius 3 is 2.81 bits per heavy atom. The molecule has 0 spiro atoms. The molecule has 3 nitrogen and oxygen atoms in total. The molecule has 1 heterocycles. The molecule has 2 aromatic rings. The number of benzene rings is 1. The minimum atomic E-state index is 0.470. The molecule has 0 fully saturated rings. The molecule has 1 aromatic heterocycles. The van der Waals surface area contributed by atoms with Gasteiger partial charge in [-0.05, 0) is 30.4 Å². The van der Waals surface area contributed by atoms with E-state index in [-0.39, 0.29) is 0 Å². The van der Waals surface area contributed by atoms with Crippen LogP contribution in [0.2, 0.25) is 0 Å². The zero-order valence-corrected chi connectivity index (χ0v) is 9.13. The second kappa shape index (κ2) is 3.67. The molecule has 3 heteroatoms. The Morgan fingerprint density at radius 2 is 2.06 bits per heavy atom. The van der Waals surface area contributed by atoms with E-state index in [1.54, 1.807) is 6.20 Å². The molecule has 0 saturated carbocycles. The highest BCUT2D eigenvalue weighted by Crippen LogP contribution is 2.29. The normalized spacial score (nSPS) is 19.4. The smallest absolute Gasteiger partial charge is 0.200 e. The zero-order chi connectivity index (χ0) is 11.0. The minimum absolute atomic E-state index is 0.470. The summed E-state index contributed by atoms with van der Waals surface area (Å²) >= 11 is 0. The number of nitrogen functional groups attached to an aromatic ring is 1. The number of aromatic nitrogens is 2. The van der Waals surface area contributed by atoms with E-state index >= 15 is 0 Å². The molecule has 1 unspecified atom stereocenters. The van der Waals surface area contributed by atoms with E-state index < -0.39 is 0 Å². The lowest BCUT2D eigenvalue weighted by Gasteiger charge is -2.26. The fraction of sp³-hybridized carbons (Fsp3) is 0.308. The third-order valence-electron chi connectivity index (χ3n) is 3.41. The van der Waals surface area contributed by atoms with Gasteiger partial charge in [-0.25, -0.2) is 4.98 Å².